The van der Waals surface area contributed by atoms with Gasteiger partial charge in [-0.3, -0.25) is 9.36 Å². The monoisotopic (exact) mass is 648 g/mol. The van der Waals surface area contributed by atoms with E-state index in [-0.39, 0.29) is 5.75 Å². The predicted molar refractivity (Wildman–Crippen MR) is 151 cm³/mol. The van der Waals surface area contributed by atoms with Crippen LogP contribution in [0.4, 0.5) is 23.4 Å². The SMILES string of the molecule is CC(C)OC(=O)C(C)NP(=S)(OCC1(C(F)F)OC(n2cc(F)c(N)nc2=O)C(O)C1F)Oc1cccc2ccccc12. The fourth-order valence-electron chi connectivity index (χ4n) is 4.31. The Morgan fingerprint density at radius 2 is 1.93 bits per heavy atom. The number of ether oxygens (including phenoxy) is 2. The number of carbonyl (C=O) groups excluding carboxylic acids is 1. The normalized spacial score (nSPS) is 24.3. The minimum absolute atomic E-state index is 0.168. The predicted octanol–water partition coefficient (Wildman–Crippen LogP) is 3.60. The van der Waals surface area contributed by atoms with Gasteiger partial charge < -0.3 is 29.4 Å². The van der Waals surface area contributed by atoms with Crippen LogP contribution < -0.4 is 21.0 Å². The van der Waals surface area contributed by atoms with Crippen LogP contribution >= 0.6 is 6.64 Å². The van der Waals surface area contributed by atoms with Crippen LogP contribution in [0.5, 0.6) is 5.75 Å². The molecule has 17 heteroatoms. The Bertz CT molecular complexity index is 1590. The molecule has 1 aliphatic rings. The quantitative estimate of drug-likeness (QED) is 0.159. The third kappa shape index (κ3) is 6.84. The van der Waals surface area contributed by atoms with Crippen molar-refractivity contribution in [2.75, 3.05) is 12.3 Å². The van der Waals surface area contributed by atoms with Gasteiger partial charge in [0.1, 0.15) is 17.9 Å². The zero-order chi connectivity index (χ0) is 31.7. The molecule has 1 saturated heterocycles. The number of hydrogen-bond acceptors (Lipinski definition) is 10. The van der Waals surface area contributed by atoms with E-state index in [2.05, 4.69) is 10.1 Å². The van der Waals surface area contributed by atoms with Crippen LogP contribution in [0.25, 0.3) is 10.8 Å². The van der Waals surface area contributed by atoms with Gasteiger partial charge in [-0.05, 0) is 44.0 Å². The number of benzene rings is 2. The Morgan fingerprint density at radius 1 is 1.26 bits per heavy atom. The number of fused-ring (bicyclic) bond motifs is 1. The van der Waals surface area contributed by atoms with Crippen molar-refractivity contribution in [2.45, 2.75) is 63.4 Å². The van der Waals surface area contributed by atoms with Crippen molar-refractivity contribution in [3.8, 4) is 5.75 Å². The zero-order valence-corrected chi connectivity index (χ0v) is 24.7. The van der Waals surface area contributed by atoms with Gasteiger partial charge in [0.2, 0.25) is 0 Å². The Kier molecular flexibility index (Phi) is 9.79. The van der Waals surface area contributed by atoms with E-state index in [1.807, 2.05) is 0 Å². The maximum absolute atomic E-state index is 15.5. The van der Waals surface area contributed by atoms with Gasteiger partial charge in [-0.1, -0.05) is 36.4 Å². The highest BCUT2D eigenvalue weighted by molar-refractivity contribution is 8.09. The van der Waals surface area contributed by atoms with E-state index in [4.69, 9.17) is 36.1 Å². The zero-order valence-electron chi connectivity index (χ0n) is 23.0. The molecule has 0 bridgehead atoms. The number of hydrogen-bond donors (Lipinski definition) is 3. The molecule has 2 aromatic carbocycles. The van der Waals surface area contributed by atoms with Gasteiger partial charge in [0.15, 0.2) is 29.6 Å². The van der Waals surface area contributed by atoms with Crippen LogP contribution in [0.15, 0.2) is 53.5 Å². The first-order valence-electron chi connectivity index (χ1n) is 12.9. The van der Waals surface area contributed by atoms with Gasteiger partial charge in [0, 0.05) is 5.39 Å². The summed E-state index contributed by atoms with van der Waals surface area (Å²) >= 11 is 5.60. The number of carbonyl (C=O) groups is 1. The Morgan fingerprint density at radius 3 is 2.60 bits per heavy atom. The number of nitrogens with zero attached hydrogens (tertiary/aromatic N) is 2. The van der Waals surface area contributed by atoms with E-state index < -0.39 is 79.2 Å². The van der Waals surface area contributed by atoms with Crippen molar-refractivity contribution in [3.63, 3.8) is 0 Å². The number of esters is 1. The molecule has 6 unspecified atom stereocenters. The third-order valence-corrected chi connectivity index (χ3v) is 8.93. The molecule has 1 fully saturated rings. The average molecular weight is 649 g/mol. The van der Waals surface area contributed by atoms with Gasteiger partial charge in [-0.2, -0.15) is 4.98 Å². The number of anilines is 1. The number of halogens is 4. The van der Waals surface area contributed by atoms with Gasteiger partial charge >= 0.3 is 18.3 Å². The summed E-state index contributed by atoms with van der Waals surface area (Å²) in [7, 11) is 0. The number of alkyl halides is 3. The summed E-state index contributed by atoms with van der Waals surface area (Å²) in [5.74, 6) is -2.62. The minimum atomic E-state index is -4.03. The lowest BCUT2D eigenvalue weighted by Crippen LogP contribution is -2.51. The highest BCUT2D eigenvalue weighted by Crippen LogP contribution is 2.51. The van der Waals surface area contributed by atoms with Crippen LogP contribution in [0.3, 0.4) is 0 Å². The Balaban J connectivity index is 1.69. The first kappa shape index (κ1) is 32.8. The van der Waals surface area contributed by atoms with E-state index in [1.165, 1.54) is 13.0 Å². The number of rotatable bonds is 11. The average Bonchev–Trinajstić information content (AvgIpc) is 3.20. The van der Waals surface area contributed by atoms with E-state index in [9.17, 15) is 27.9 Å². The Labute approximate surface area is 248 Å². The number of nitrogens with one attached hydrogen (secondary N) is 1. The third-order valence-electron chi connectivity index (χ3n) is 6.46. The number of aromatic nitrogens is 2. The fourth-order valence-corrected chi connectivity index (χ4v) is 6.73. The summed E-state index contributed by atoms with van der Waals surface area (Å²) < 4.78 is 81.2. The van der Waals surface area contributed by atoms with Crippen molar-refractivity contribution in [1.29, 1.82) is 0 Å². The molecule has 6 atom stereocenters. The summed E-state index contributed by atoms with van der Waals surface area (Å²) in [6.07, 6.45) is -11.1. The standard InChI is InChI=1S/C26H29F4N4O7PS/c1-13(2)39-23(36)14(3)33-42(43,41-18-10-6-8-15-7-4-5-9-16(15)18)38-12-26(24(29)30)20(28)19(35)22(40-26)34-11-17(27)21(31)32-25(34)37/h4-11,13-14,19-20,22,24,35H,12H2,1-3H3,(H,33,43)(H2,31,32,37). The molecular formula is C26H29F4N4O7PS. The van der Waals surface area contributed by atoms with Gasteiger partial charge in [0.05, 0.1) is 18.9 Å². The van der Waals surface area contributed by atoms with Crippen LogP contribution in [-0.4, -0.2) is 63.7 Å². The molecule has 0 saturated carbocycles. The summed E-state index contributed by atoms with van der Waals surface area (Å²) in [5.41, 5.74) is 0.755. The molecule has 234 valence electrons. The van der Waals surface area contributed by atoms with Crippen molar-refractivity contribution in [1.82, 2.24) is 14.6 Å². The largest absolute Gasteiger partial charge is 0.462 e. The fraction of sp³-hybridized carbons (Fsp3) is 0.423. The summed E-state index contributed by atoms with van der Waals surface area (Å²) in [6.45, 7) is -0.742. The van der Waals surface area contributed by atoms with Crippen LogP contribution in [0.2, 0.25) is 0 Å². The molecule has 0 amide bonds. The van der Waals surface area contributed by atoms with Gasteiger partial charge in [-0.25, -0.2) is 27.4 Å². The molecule has 11 nitrogen and oxygen atoms in total. The molecule has 1 aromatic heterocycles. The number of nitrogen functional groups attached to an aromatic ring is 1. The molecule has 4 N–H and O–H groups in total. The molecule has 2 heterocycles. The van der Waals surface area contributed by atoms with E-state index in [0.717, 1.165) is 5.39 Å². The van der Waals surface area contributed by atoms with Crippen molar-refractivity contribution < 1.29 is 46.0 Å². The van der Waals surface area contributed by atoms with Crippen LogP contribution in [0, 0.1) is 5.82 Å². The Hall–Kier alpha value is -3.14. The number of aliphatic hydroxyl groups excluding tert-OH is 1. The maximum Gasteiger partial charge on any atom is 0.351 e. The molecule has 0 aliphatic carbocycles. The lowest BCUT2D eigenvalue weighted by molar-refractivity contribution is -0.182. The highest BCUT2D eigenvalue weighted by atomic mass is 32.5. The van der Waals surface area contributed by atoms with E-state index in [0.29, 0.717) is 16.2 Å². The lowest BCUT2D eigenvalue weighted by Gasteiger charge is -2.33. The van der Waals surface area contributed by atoms with Crippen molar-refractivity contribution >= 4 is 41.0 Å². The lowest BCUT2D eigenvalue weighted by atomic mass is 9.98. The second-order valence-corrected chi connectivity index (χ2v) is 13.1. The smallest absolute Gasteiger partial charge is 0.351 e. The molecule has 0 spiro atoms. The van der Waals surface area contributed by atoms with Gasteiger partial charge in [-0.15, -0.1) is 0 Å². The van der Waals surface area contributed by atoms with Crippen molar-refractivity contribution in [3.05, 3.63) is 65.0 Å². The second kappa shape index (κ2) is 12.8. The van der Waals surface area contributed by atoms with Gasteiger partial charge in [0.25, 0.3) is 6.43 Å². The molecule has 1 aliphatic heterocycles. The summed E-state index contributed by atoms with van der Waals surface area (Å²) in [6, 6.07) is 10.8. The number of nitrogens with two attached hydrogens (primary N) is 1. The second-order valence-electron chi connectivity index (χ2n) is 10.00. The highest BCUT2D eigenvalue weighted by Gasteiger charge is 2.62. The number of aliphatic hydroxyl groups is 1. The topological polar surface area (TPSA) is 147 Å². The van der Waals surface area contributed by atoms with Crippen molar-refractivity contribution in [2.24, 2.45) is 0 Å². The molecule has 3 aromatic rings. The molecule has 0 radical (unpaired) electrons. The van der Waals surface area contributed by atoms with E-state index >= 15 is 4.39 Å². The first-order chi connectivity index (χ1) is 20.2. The minimum Gasteiger partial charge on any atom is -0.462 e. The van der Waals surface area contributed by atoms with Crippen LogP contribution in [-0.2, 0) is 30.6 Å². The maximum atomic E-state index is 15.5. The molecular weight excluding hydrogens is 619 g/mol. The first-order valence-corrected chi connectivity index (χ1v) is 15.5. The summed E-state index contributed by atoms with van der Waals surface area (Å²) in [4.78, 5) is 28.0. The van der Waals surface area contributed by atoms with Crippen LogP contribution in [0.1, 0.15) is 27.0 Å². The molecule has 4 rings (SSSR count). The molecule has 43 heavy (non-hydrogen) atoms. The van der Waals surface area contributed by atoms with E-state index in [1.54, 1.807) is 50.2 Å². The summed E-state index contributed by atoms with van der Waals surface area (Å²) in [5, 5.41) is 14.5.